The van der Waals surface area contributed by atoms with Crippen molar-refractivity contribution in [3.8, 4) is 0 Å². The quantitative estimate of drug-likeness (QED) is 0.832. The van der Waals surface area contributed by atoms with E-state index in [1.165, 1.54) is 16.9 Å². The van der Waals surface area contributed by atoms with Gasteiger partial charge in [0.15, 0.2) is 0 Å². The standard InChI is InChI=1S/C20H23N3O2S/c24-19(23-10-7-16-4-1-2-5-17(16)23)8-9-21-11-13-22(14-12-21)20(25)18-6-3-15-26-18/h1-6,15H,7-14H2. The molecule has 0 atom stereocenters. The second-order valence-electron chi connectivity index (χ2n) is 6.79. The maximum absolute atomic E-state index is 12.6. The van der Waals surface area contributed by atoms with E-state index < -0.39 is 0 Å². The van der Waals surface area contributed by atoms with Crippen molar-refractivity contribution in [3.63, 3.8) is 0 Å². The first-order chi connectivity index (χ1) is 12.7. The van der Waals surface area contributed by atoms with E-state index in [2.05, 4.69) is 11.0 Å². The average Bonchev–Trinajstić information content (AvgIpc) is 3.36. The van der Waals surface area contributed by atoms with E-state index in [9.17, 15) is 9.59 Å². The van der Waals surface area contributed by atoms with Crippen molar-refractivity contribution >= 4 is 28.8 Å². The molecule has 136 valence electrons. The molecule has 0 aliphatic carbocycles. The molecule has 0 spiro atoms. The third kappa shape index (κ3) is 3.52. The number of piperazine rings is 1. The zero-order chi connectivity index (χ0) is 17.9. The van der Waals surface area contributed by atoms with Crippen LogP contribution in [0.25, 0.3) is 0 Å². The number of para-hydroxylation sites is 1. The summed E-state index contributed by atoms with van der Waals surface area (Å²) >= 11 is 1.49. The van der Waals surface area contributed by atoms with Crippen LogP contribution in [0.5, 0.6) is 0 Å². The molecule has 2 aliphatic heterocycles. The molecule has 0 N–H and O–H groups in total. The van der Waals surface area contributed by atoms with Crippen LogP contribution in [0.2, 0.25) is 0 Å². The van der Waals surface area contributed by atoms with E-state index in [1.54, 1.807) is 0 Å². The Bertz CT molecular complexity index is 782. The van der Waals surface area contributed by atoms with Gasteiger partial charge in [-0.15, -0.1) is 11.3 Å². The summed E-state index contributed by atoms with van der Waals surface area (Å²) in [4.78, 5) is 31.9. The Labute approximate surface area is 157 Å². The summed E-state index contributed by atoms with van der Waals surface area (Å²) in [5, 5.41) is 1.94. The molecule has 4 rings (SSSR count). The molecular formula is C20H23N3O2S. The second kappa shape index (κ2) is 7.60. The largest absolute Gasteiger partial charge is 0.335 e. The van der Waals surface area contributed by atoms with Crippen molar-refractivity contribution in [1.82, 2.24) is 9.80 Å². The van der Waals surface area contributed by atoms with E-state index in [4.69, 9.17) is 0 Å². The lowest BCUT2D eigenvalue weighted by Gasteiger charge is -2.34. The number of hydrogen-bond donors (Lipinski definition) is 0. The fraction of sp³-hybridized carbons (Fsp3) is 0.400. The highest BCUT2D eigenvalue weighted by molar-refractivity contribution is 7.12. The molecule has 5 nitrogen and oxygen atoms in total. The number of amides is 2. The molecule has 26 heavy (non-hydrogen) atoms. The van der Waals surface area contributed by atoms with E-state index in [0.29, 0.717) is 6.42 Å². The summed E-state index contributed by atoms with van der Waals surface area (Å²) in [5.74, 6) is 0.330. The topological polar surface area (TPSA) is 43.9 Å². The van der Waals surface area contributed by atoms with Crippen LogP contribution in [0.1, 0.15) is 21.7 Å². The van der Waals surface area contributed by atoms with Crippen LogP contribution in [-0.4, -0.2) is 60.9 Å². The van der Waals surface area contributed by atoms with Gasteiger partial charge in [0.05, 0.1) is 4.88 Å². The molecule has 1 aromatic carbocycles. The number of hydrogen-bond acceptors (Lipinski definition) is 4. The third-order valence-corrected chi connectivity index (χ3v) is 6.08. The SMILES string of the molecule is O=C(c1cccs1)N1CCN(CCC(=O)N2CCc3ccccc32)CC1. The van der Waals surface area contributed by atoms with Gasteiger partial charge in [0.25, 0.3) is 5.91 Å². The molecule has 2 aromatic rings. The maximum Gasteiger partial charge on any atom is 0.264 e. The number of carbonyl (C=O) groups is 2. The highest BCUT2D eigenvalue weighted by atomic mass is 32.1. The third-order valence-electron chi connectivity index (χ3n) is 5.22. The van der Waals surface area contributed by atoms with Crippen LogP contribution < -0.4 is 4.90 Å². The van der Waals surface area contributed by atoms with Crippen molar-refractivity contribution in [2.45, 2.75) is 12.8 Å². The van der Waals surface area contributed by atoms with Crippen molar-refractivity contribution in [2.75, 3.05) is 44.2 Å². The number of thiophene rings is 1. The monoisotopic (exact) mass is 369 g/mol. The van der Waals surface area contributed by atoms with Crippen LogP contribution in [0.15, 0.2) is 41.8 Å². The number of anilines is 1. The summed E-state index contributed by atoms with van der Waals surface area (Å²) in [7, 11) is 0. The molecule has 0 unspecified atom stereocenters. The van der Waals surface area contributed by atoms with Gasteiger partial charge in [-0.1, -0.05) is 24.3 Å². The van der Waals surface area contributed by atoms with E-state index >= 15 is 0 Å². The molecular weight excluding hydrogens is 346 g/mol. The van der Waals surface area contributed by atoms with Gasteiger partial charge in [0.1, 0.15) is 0 Å². The van der Waals surface area contributed by atoms with Crippen LogP contribution in [0.3, 0.4) is 0 Å². The molecule has 2 amide bonds. The number of nitrogens with zero attached hydrogens (tertiary/aromatic N) is 3. The number of fused-ring (bicyclic) bond motifs is 1. The van der Waals surface area contributed by atoms with Gasteiger partial charge < -0.3 is 9.80 Å². The van der Waals surface area contributed by atoms with Crippen LogP contribution in [0, 0.1) is 0 Å². The minimum atomic E-state index is 0.129. The lowest BCUT2D eigenvalue weighted by molar-refractivity contribution is -0.118. The zero-order valence-electron chi connectivity index (χ0n) is 14.8. The predicted octanol–water partition coefficient (Wildman–Crippen LogP) is 2.49. The lowest BCUT2D eigenvalue weighted by Crippen LogP contribution is -2.49. The molecule has 1 aromatic heterocycles. The van der Waals surface area contributed by atoms with Crippen LogP contribution in [0.4, 0.5) is 5.69 Å². The van der Waals surface area contributed by atoms with Gasteiger partial charge in [-0.3, -0.25) is 14.5 Å². The Hall–Kier alpha value is -2.18. The summed E-state index contributed by atoms with van der Waals surface area (Å²) in [6.07, 6.45) is 1.48. The first kappa shape index (κ1) is 17.2. The lowest BCUT2D eigenvalue weighted by atomic mass is 10.2. The van der Waals surface area contributed by atoms with Crippen LogP contribution in [-0.2, 0) is 11.2 Å². The van der Waals surface area contributed by atoms with Crippen molar-refractivity contribution in [1.29, 1.82) is 0 Å². The first-order valence-corrected chi connectivity index (χ1v) is 10.0. The van der Waals surface area contributed by atoms with E-state index in [0.717, 1.165) is 56.3 Å². The number of carbonyl (C=O) groups excluding carboxylic acids is 2. The molecule has 6 heteroatoms. The normalized spacial score (nSPS) is 17.4. The van der Waals surface area contributed by atoms with Crippen molar-refractivity contribution in [3.05, 3.63) is 52.2 Å². The van der Waals surface area contributed by atoms with Gasteiger partial charge in [0, 0.05) is 51.4 Å². The van der Waals surface area contributed by atoms with Crippen molar-refractivity contribution in [2.24, 2.45) is 0 Å². The summed E-state index contributed by atoms with van der Waals surface area (Å²) in [5.41, 5.74) is 2.34. The molecule has 1 fully saturated rings. The van der Waals surface area contributed by atoms with Gasteiger partial charge in [-0.05, 0) is 29.5 Å². The summed E-state index contributed by atoms with van der Waals surface area (Å²) in [6, 6.07) is 12.0. The Kier molecular flexibility index (Phi) is 5.04. The minimum Gasteiger partial charge on any atom is -0.335 e. The molecule has 3 heterocycles. The predicted molar refractivity (Wildman–Crippen MR) is 104 cm³/mol. The Morgan fingerprint density at radius 3 is 2.54 bits per heavy atom. The fourth-order valence-corrected chi connectivity index (χ4v) is 4.41. The molecule has 2 aliphatic rings. The highest BCUT2D eigenvalue weighted by Gasteiger charge is 2.26. The van der Waals surface area contributed by atoms with Gasteiger partial charge in [0.2, 0.25) is 5.91 Å². The maximum atomic E-state index is 12.6. The second-order valence-corrected chi connectivity index (χ2v) is 7.73. The Balaban J connectivity index is 1.25. The van der Waals surface area contributed by atoms with Crippen molar-refractivity contribution < 1.29 is 9.59 Å². The van der Waals surface area contributed by atoms with Gasteiger partial charge in [-0.25, -0.2) is 0 Å². The van der Waals surface area contributed by atoms with Gasteiger partial charge >= 0.3 is 0 Å². The van der Waals surface area contributed by atoms with Gasteiger partial charge in [-0.2, -0.15) is 0 Å². The fourth-order valence-electron chi connectivity index (χ4n) is 3.72. The zero-order valence-corrected chi connectivity index (χ0v) is 15.6. The minimum absolute atomic E-state index is 0.129. The molecule has 1 saturated heterocycles. The molecule has 0 radical (unpaired) electrons. The summed E-state index contributed by atoms with van der Waals surface area (Å²) < 4.78 is 0. The van der Waals surface area contributed by atoms with E-state index in [-0.39, 0.29) is 11.8 Å². The average molecular weight is 369 g/mol. The number of benzene rings is 1. The summed E-state index contributed by atoms with van der Waals surface area (Å²) in [6.45, 7) is 4.69. The first-order valence-electron chi connectivity index (χ1n) is 9.16. The molecule has 0 bridgehead atoms. The number of rotatable bonds is 4. The van der Waals surface area contributed by atoms with E-state index in [1.807, 2.05) is 45.5 Å². The molecule has 0 saturated carbocycles. The Morgan fingerprint density at radius 1 is 0.962 bits per heavy atom. The smallest absolute Gasteiger partial charge is 0.264 e. The Morgan fingerprint density at radius 2 is 1.77 bits per heavy atom. The van der Waals surface area contributed by atoms with Crippen LogP contribution >= 0.6 is 11.3 Å². The highest BCUT2D eigenvalue weighted by Crippen LogP contribution is 2.27.